The topological polar surface area (TPSA) is 228 Å². The Morgan fingerprint density at radius 1 is 0.410 bits per heavy atom. The Balaban J connectivity index is 1.59. The van der Waals surface area contributed by atoms with Crippen LogP contribution in [0.1, 0.15) is 309 Å². The molecule has 1 amide bonds. The van der Waals surface area contributed by atoms with Crippen LogP contribution in [0, 0.1) is 0 Å². The lowest BCUT2D eigenvalue weighted by Gasteiger charge is -2.46. The van der Waals surface area contributed by atoms with E-state index in [0.29, 0.717) is 12.8 Å². The van der Waals surface area contributed by atoms with E-state index in [4.69, 9.17) is 18.9 Å². The summed E-state index contributed by atoms with van der Waals surface area (Å²) in [6, 6.07) is -0.822. The van der Waals surface area contributed by atoms with E-state index in [9.17, 15) is 45.6 Å². The fraction of sp³-hybridized carbons (Fsp3) is 0.984. The maximum Gasteiger partial charge on any atom is 0.220 e. The zero-order chi connectivity index (χ0) is 56.7. The lowest BCUT2D eigenvalue weighted by atomic mass is 9.97. The molecule has 12 atom stereocenters. The molecule has 0 spiro atoms. The van der Waals surface area contributed by atoms with E-state index in [1.165, 1.54) is 231 Å². The van der Waals surface area contributed by atoms with Gasteiger partial charge < -0.3 is 65.1 Å². The van der Waals surface area contributed by atoms with Crippen molar-refractivity contribution in [3.8, 4) is 0 Å². The molecule has 0 aromatic rings. The Morgan fingerprint density at radius 2 is 0.731 bits per heavy atom. The van der Waals surface area contributed by atoms with Crippen LogP contribution < -0.4 is 5.32 Å². The molecule has 0 radical (unpaired) electrons. The van der Waals surface area contributed by atoms with Crippen LogP contribution in [0.5, 0.6) is 0 Å². The summed E-state index contributed by atoms with van der Waals surface area (Å²) < 4.78 is 22.8. The third kappa shape index (κ3) is 35.2. The van der Waals surface area contributed by atoms with Crippen molar-refractivity contribution in [3.05, 3.63) is 0 Å². The lowest BCUT2D eigenvalue weighted by molar-refractivity contribution is -0.359. The zero-order valence-corrected chi connectivity index (χ0v) is 50.2. The number of unbranched alkanes of at least 4 members (excludes halogenated alkanes) is 42. The fourth-order valence-corrected chi connectivity index (χ4v) is 11.5. The summed E-state index contributed by atoms with van der Waals surface area (Å²) in [6.45, 7) is 2.89. The maximum atomic E-state index is 13.2. The first-order valence-corrected chi connectivity index (χ1v) is 33.3. The summed E-state index contributed by atoms with van der Waals surface area (Å²) in [6.07, 6.45) is 41.5. The molecule has 2 fully saturated rings. The fourth-order valence-electron chi connectivity index (χ4n) is 11.5. The SMILES string of the molecule is CCCCCCCCCCCCCCCCCCCCCCCCCCCCCCCCCCCC(O)C(COC1OC(CO)C(OC2OC(CO)C(O)C(O)C2O)C(O)C1O)NC(=O)CCCCCCCCCCCCC. The van der Waals surface area contributed by atoms with Gasteiger partial charge in [0.25, 0.3) is 0 Å². The van der Waals surface area contributed by atoms with Crippen molar-refractivity contribution >= 4 is 5.91 Å². The van der Waals surface area contributed by atoms with Crippen LogP contribution in [0.25, 0.3) is 0 Å². The van der Waals surface area contributed by atoms with Gasteiger partial charge in [-0.15, -0.1) is 0 Å². The van der Waals surface area contributed by atoms with Gasteiger partial charge in [0, 0.05) is 6.42 Å². The minimum atomic E-state index is -1.78. The van der Waals surface area contributed by atoms with E-state index < -0.39 is 86.8 Å². The van der Waals surface area contributed by atoms with Crippen molar-refractivity contribution in [1.82, 2.24) is 5.32 Å². The number of rotatable bonds is 55. The normalized spacial score (nSPS) is 24.4. The molecule has 14 nitrogen and oxygen atoms in total. The molecular weight excluding hydrogens is 991 g/mol. The zero-order valence-electron chi connectivity index (χ0n) is 50.2. The Bertz CT molecular complexity index is 1310. The van der Waals surface area contributed by atoms with E-state index >= 15 is 0 Å². The Kier molecular flexibility index (Phi) is 47.3. The van der Waals surface area contributed by atoms with Crippen LogP contribution in [0.2, 0.25) is 0 Å². The Hall–Kier alpha value is -1.01. The molecular formula is C64H125NO13. The minimum absolute atomic E-state index is 0.203. The van der Waals surface area contributed by atoms with Gasteiger partial charge in [-0.2, -0.15) is 0 Å². The van der Waals surface area contributed by atoms with Gasteiger partial charge in [-0.3, -0.25) is 4.79 Å². The van der Waals surface area contributed by atoms with Crippen molar-refractivity contribution in [2.45, 2.75) is 383 Å². The van der Waals surface area contributed by atoms with Gasteiger partial charge >= 0.3 is 0 Å². The lowest BCUT2D eigenvalue weighted by Crippen LogP contribution is -2.65. The van der Waals surface area contributed by atoms with Gasteiger partial charge in [0.2, 0.25) is 5.91 Å². The van der Waals surface area contributed by atoms with Crippen molar-refractivity contribution in [2.24, 2.45) is 0 Å². The molecule has 0 saturated carbocycles. The first-order chi connectivity index (χ1) is 38.1. The first kappa shape index (κ1) is 73.1. The van der Waals surface area contributed by atoms with Crippen LogP contribution in [-0.2, 0) is 23.7 Å². The highest BCUT2D eigenvalue weighted by Crippen LogP contribution is 2.30. The van der Waals surface area contributed by atoms with Crippen LogP contribution in [0.4, 0.5) is 0 Å². The average molecular weight is 1120 g/mol. The minimum Gasteiger partial charge on any atom is -0.394 e. The van der Waals surface area contributed by atoms with Gasteiger partial charge in [0.1, 0.15) is 48.8 Å². The molecule has 78 heavy (non-hydrogen) atoms. The number of carbonyl (C=O) groups excluding carboxylic acids is 1. The summed E-state index contributed by atoms with van der Waals surface area (Å²) in [5.74, 6) is -0.203. The number of nitrogens with one attached hydrogen (secondary N) is 1. The van der Waals surface area contributed by atoms with Gasteiger partial charge in [0.05, 0.1) is 32.0 Å². The molecule has 2 aliphatic heterocycles. The quantitative estimate of drug-likeness (QED) is 0.0259. The van der Waals surface area contributed by atoms with E-state index in [1.807, 2.05) is 0 Å². The number of carbonyl (C=O) groups is 1. The number of hydrogen-bond donors (Lipinski definition) is 9. The standard InChI is InChI=1S/C64H125NO13/c1-3-5-7-9-11-13-15-16-17-18-19-20-21-22-23-24-25-26-27-28-29-30-31-32-33-34-35-36-38-39-41-43-45-47-53(68)52(65-56(69)48-46-44-42-40-37-14-12-10-8-6-4-2)51-75-63-61(74)59(72)62(55(50-67)77-63)78-64-60(73)58(71)57(70)54(49-66)76-64/h52-55,57-64,66-68,70-74H,3-51H2,1-2H3,(H,65,69). The second-order valence-corrected chi connectivity index (χ2v) is 24.0. The molecule has 2 aliphatic rings. The van der Waals surface area contributed by atoms with Crippen LogP contribution >= 0.6 is 0 Å². The molecule has 0 bridgehead atoms. The third-order valence-electron chi connectivity index (χ3n) is 16.8. The third-order valence-corrected chi connectivity index (χ3v) is 16.8. The van der Waals surface area contributed by atoms with E-state index in [-0.39, 0.29) is 12.5 Å². The predicted molar refractivity (Wildman–Crippen MR) is 314 cm³/mol. The molecule has 12 unspecified atom stereocenters. The van der Waals surface area contributed by atoms with E-state index in [0.717, 1.165) is 51.4 Å². The van der Waals surface area contributed by atoms with Crippen molar-refractivity contribution in [1.29, 1.82) is 0 Å². The molecule has 0 aliphatic carbocycles. The molecule has 0 aromatic carbocycles. The molecule has 0 aromatic heterocycles. The second kappa shape index (κ2) is 50.5. The summed E-state index contributed by atoms with van der Waals surface area (Å²) >= 11 is 0. The molecule has 2 rings (SSSR count). The van der Waals surface area contributed by atoms with Gasteiger partial charge in [0.15, 0.2) is 12.6 Å². The molecule has 2 saturated heterocycles. The highest BCUT2D eigenvalue weighted by atomic mass is 16.7. The van der Waals surface area contributed by atoms with Gasteiger partial charge in [-0.1, -0.05) is 290 Å². The van der Waals surface area contributed by atoms with Crippen molar-refractivity contribution in [3.63, 3.8) is 0 Å². The van der Waals surface area contributed by atoms with Gasteiger partial charge in [-0.25, -0.2) is 0 Å². The Labute approximate surface area is 476 Å². The second-order valence-electron chi connectivity index (χ2n) is 24.0. The monoisotopic (exact) mass is 1120 g/mol. The molecule has 2 heterocycles. The van der Waals surface area contributed by atoms with Gasteiger partial charge in [-0.05, 0) is 12.8 Å². The number of ether oxygens (including phenoxy) is 4. The smallest absolute Gasteiger partial charge is 0.220 e. The first-order valence-electron chi connectivity index (χ1n) is 33.3. The van der Waals surface area contributed by atoms with Crippen LogP contribution in [0.15, 0.2) is 0 Å². The number of hydrogen-bond acceptors (Lipinski definition) is 13. The van der Waals surface area contributed by atoms with E-state index in [1.54, 1.807) is 0 Å². The number of aliphatic hydroxyl groups excluding tert-OH is 8. The number of aliphatic hydroxyl groups is 8. The van der Waals surface area contributed by atoms with Crippen LogP contribution in [-0.4, -0.2) is 140 Å². The molecule has 464 valence electrons. The number of amides is 1. The van der Waals surface area contributed by atoms with Crippen molar-refractivity contribution < 1.29 is 64.6 Å². The summed E-state index contributed by atoms with van der Waals surface area (Å²) in [5.41, 5.74) is 0. The van der Waals surface area contributed by atoms with Crippen LogP contribution in [0.3, 0.4) is 0 Å². The largest absolute Gasteiger partial charge is 0.394 e. The molecule has 14 heteroatoms. The predicted octanol–water partition coefficient (Wildman–Crippen LogP) is 12.5. The molecule has 9 N–H and O–H groups in total. The Morgan fingerprint density at radius 3 is 1.09 bits per heavy atom. The highest BCUT2D eigenvalue weighted by Gasteiger charge is 2.51. The summed E-state index contributed by atoms with van der Waals surface area (Å²) in [7, 11) is 0. The average Bonchev–Trinajstić information content (AvgIpc) is 3.46. The summed E-state index contributed by atoms with van der Waals surface area (Å²) in [5, 5.41) is 87.3. The van der Waals surface area contributed by atoms with Crippen molar-refractivity contribution in [2.75, 3.05) is 19.8 Å². The van der Waals surface area contributed by atoms with E-state index in [2.05, 4.69) is 19.2 Å². The summed E-state index contributed by atoms with van der Waals surface area (Å²) in [4.78, 5) is 13.2. The maximum absolute atomic E-state index is 13.2. The highest BCUT2D eigenvalue weighted by molar-refractivity contribution is 5.76.